The van der Waals surface area contributed by atoms with Crippen molar-refractivity contribution in [3.8, 4) is 0 Å². The summed E-state index contributed by atoms with van der Waals surface area (Å²) in [5.74, 6) is -7.95. The summed E-state index contributed by atoms with van der Waals surface area (Å²) in [6.07, 6.45) is -57.6. The number of nitrogens with zero attached hydrogens (tertiary/aromatic N) is 1. The molecule has 240 valence electrons. The van der Waals surface area contributed by atoms with E-state index >= 15 is 0 Å². The molecule has 0 aliphatic carbocycles. The number of rotatable bonds is 3. The molecule has 1 nitrogen and oxygen atoms in total. The second-order valence-electron chi connectivity index (χ2n) is 7.31. The maximum absolute atomic E-state index is 14.7. The fourth-order valence-electron chi connectivity index (χ4n) is 2.96. The van der Waals surface area contributed by atoms with E-state index in [0.29, 0.717) is 4.98 Å². The van der Waals surface area contributed by atoms with E-state index in [4.69, 9.17) is 0 Å². The van der Waals surface area contributed by atoms with Crippen molar-refractivity contribution in [2.45, 2.75) is 60.5 Å². The average Bonchev–Trinajstić information content (AvgIpc) is 2.65. The molecule has 1 heterocycles. The van der Waals surface area contributed by atoms with Crippen LogP contribution in [-0.4, -0.2) is 35.9 Å². The van der Waals surface area contributed by atoms with Crippen molar-refractivity contribution in [2.24, 2.45) is 0 Å². The van der Waals surface area contributed by atoms with Gasteiger partial charge >= 0.3 is 60.5 Å². The molecule has 1 aromatic rings. The van der Waals surface area contributed by atoms with Gasteiger partial charge in [0.2, 0.25) is 0 Å². The lowest BCUT2D eigenvalue weighted by Crippen LogP contribution is -2.57. The van der Waals surface area contributed by atoms with Crippen molar-refractivity contribution in [2.75, 3.05) is 0 Å². The van der Waals surface area contributed by atoms with E-state index in [0.717, 1.165) is 0 Å². The monoisotopic (exact) mass is 669 g/mol. The van der Waals surface area contributed by atoms with Crippen molar-refractivity contribution in [1.29, 1.82) is 0 Å². The van der Waals surface area contributed by atoms with E-state index in [1.165, 1.54) is 0 Å². The Bertz CT molecular complexity index is 1100. The second-order valence-corrected chi connectivity index (χ2v) is 7.31. The molecule has 1 rings (SSSR count). The van der Waals surface area contributed by atoms with Crippen molar-refractivity contribution in [3.05, 3.63) is 28.1 Å². The van der Waals surface area contributed by atoms with Gasteiger partial charge in [0, 0.05) is 5.56 Å². The lowest BCUT2D eigenvalue weighted by molar-refractivity contribution is -0.362. The van der Waals surface area contributed by atoms with Crippen molar-refractivity contribution in [1.82, 2.24) is 4.98 Å². The highest BCUT2D eigenvalue weighted by molar-refractivity contribution is 5.52. The first-order chi connectivity index (χ1) is 17.3. The predicted molar refractivity (Wildman–Crippen MR) is 74.0 cm³/mol. The molecule has 0 aromatic carbocycles. The van der Waals surface area contributed by atoms with Crippen LogP contribution < -0.4 is 0 Å². The SMILES string of the molecule is FC(F)(F)c1c(C(F)(F)C(F)(F)F)nc(C(F)(C(F)(F)F)C(F)(F)F)c(C(F)(C(F)(F)F)C(F)(F)F)c1C(F)(F)F. The number of hydrogen-bond acceptors (Lipinski definition) is 1. The maximum atomic E-state index is 14.7. The van der Waals surface area contributed by atoms with Crippen LogP contribution >= 0.6 is 0 Å². The highest BCUT2D eigenvalue weighted by atomic mass is 19.5. The summed E-state index contributed by atoms with van der Waals surface area (Å²) in [5, 5.41) is 0. The zero-order valence-corrected chi connectivity index (χ0v) is 17.4. The van der Waals surface area contributed by atoms with Crippen LogP contribution in [0.2, 0.25) is 0 Å². The van der Waals surface area contributed by atoms with E-state index in [-0.39, 0.29) is 0 Å². The molecular formula is C15F25N. The van der Waals surface area contributed by atoms with Crippen molar-refractivity contribution in [3.63, 3.8) is 0 Å². The molecule has 0 amide bonds. The zero-order chi connectivity index (χ0) is 33.6. The van der Waals surface area contributed by atoms with Crippen LogP contribution in [-0.2, 0) is 29.6 Å². The van der Waals surface area contributed by atoms with Gasteiger partial charge in [0.15, 0.2) is 0 Å². The van der Waals surface area contributed by atoms with Gasteiger partial charge in [-0.3, -0.25) is 0 Å². The molecule has 0 N–H and O–H groups in total. The Balaban J connectivity index is 5.27. The Morgan fingerprint density at radius 2 is 0.585 bits per heavy atom. The molecule has 0 unspecified atom stereocenters. The molecule has 0 atom stereocenters. The maximum Gasteiger partial charge on any atom is 0.459 e. The summed E-state index contributed by atoms with van der Waals surface area (Å²) >= 11 is 0. The number of alkyl halides is 25. The molecule has 1 aromatic heterocycles. The predicted octanol–water partition coefficient (Wildman–Crippen LogP) is 9.35. The van der Waals surface area contributed by atoms with Crippen LogP contribution in [0.15, 0.2) is 0 Å². The lowest BCUT2D eigenvalue weighted by atomic mass is 9.79. The summed E-state index contributed by atoms with van der Waals surface area (Å²) in [7, 11) is 0. The van der Waals surface area contributed by atoms with E-state index in [9.17, 15) is 110 Å². The molecule has 0 saturated carbocycles. The number of aromatic nitrogens is 1. The van der Waals surface area contributed by atoms with Gasteiger partial charge in [-0.1, -0.05) is 0 Å². The minimum absolute atomic E-state index is 0.405. The second kappa shape index (κ2) is 9.20. The lowest BCUT2D eigenvalue weighted by Gasteiger charge is -2.39. The topological polar surface area (TPSA) is 12.9 Å². The fourth-order valence-corrected chi connectivity index (χ4v) is 2.96. The van der Waals surface area contributed by atoms with Crippen LogP contribution in [0.5, 0.6) is 0 Å². The highest BCUT2D eigenvalue weighted by Gasteiger charge is 2.82. The Hall–Kier alpha value is -2.60. The van der Waals surface area contributed by atoms with Gasteiger partial charge < -0.3 is 0 Å². The van der Waals surface area contributed by atoms with Crippen molar-refractivity contribution >= 4 is 0 Å². The third-order valence-corrected chi connectivity index (χ3v) is 4.65. The van der Waals surface area contributed by atoms with Gasteiger partial charge in [0.25, 0.3) is 0 Å². The third-order valence-electron chi connectivity index (χ3n) is 4.65. The number of pyridine rings is 1. The number of halogens is 25. The minimum atomic E-state index is -8.65. The number of hydrogen-bond donors (Lipinski definition) is 0. The molecule has 0 aliphatic heterocycles. The summed E-state index contributed by atoms with van der Waals surface area (Å²) < 4.78 is 334. The van der Waals surface area contributed by atoms with Gasteiger partial charge in [0.1, 0.15) is 11.4 Å². The minimum Gasteiger partial charge on any atom is -0.246 e. The third kappa shape index (κ3) is 5.49. The van der Waals surface area contributed by atoms with Gasteiger partial charge in [-0.2, -0.15) is 101 Å². The smallest absolute Gasteiger partial charge is 0.246 e. The molecule has 26 heteroatoms. The van der Waals surface area contributed by atoms with Crippen LogP contribution in [0.4, 0.5) is 110 Å². The first kappa shape index (κ1) is 36.4. The molecule has 0 radical (unpaired) electrons. The molecule has 0 bridgehead atoms. The Kier molecular flexibility index (Phi) is 8.17. The van der Waals surface area contributed by atoms with Crippen LogP contribution in [0.3, 0.4) is 0 Å². The molecule has 41 heavy (non-hydrogen) atoms. The summed E-state index contributed by atoms with van der Waals surface area (Å²) in [4.78, 5) is 0.405. The Morgan fingerprint density at radius 3 is 0.805 bits per heavy atom. The van der Waals surface area contributed by atoms with Crippen molar-refractivity contribution < 1.29 is 110 Å². The summed E-state index contributed by atoms with van der Waals surface area (Å²) in [5.41, 5.74) is -44.6. The van der Waals surface area contributed by atoms with Gasteiger partial charge in [-0.25, -0.2) is 13.8 Å². The standard InChI is InChI=1S/C15F25N/c16-6(11(26,27)28,12(29,30)31)2-1(9(20,21)22)3(10(23,24)25)5(8(18,19)15(38,39)40)41-4(2)7(17,13(32,33)34)14(35,36)37. The largest absolute Gasteiger partial charge is 0.459 e. The molecule has 0 saturated heterocycles. The average molecular weight is 669 g/mol. The van der Waals surface area contributed by atoms with Crippen LogP contribution in [0.1, 0.15) is 28.1 Å². The summed E-state index contributed by atoms with van der Waals surface area (Å²) in [6.45, 7) is 0. The van der Waals surface area contributed by atoms with Gasteiger partial charge in [-0.05, 0) is 0 Å². The van der Waals surface area contributed by atoms with E-state index in [2.05, 4.69) is 0 Å². The first-order valence-corrected chi connectivity index (χ1v) is 8.67. The van der Waals surface area contributed by atoms with E-state index in [1.807, 2.05) is 0 Å². The van der Waals surface area contributed by atoms with Crippen LogP contribution in [0, 0.1) is 0 Å². The zero-order valence-electron chi connectivity index (χ0n) is 17.4. The van der Waals surface area contributed by atoms with Crippen LogP contribution in [0.25, 0.3) is 0 Å². The summed E-state index contributed by atoms with van der Waals surface area (Å²) in [6, 6.07) is 0. The molecular weight excluding hydrogens is 669 g/mol. The highest BCUT2D eigenvalue weighted by Crippen LogP contribution is 2.64. The Morgan fingerprint density at radius 1 is 0.293 bits per heavy atom. The van der Waals surface area contributed by atoms with Gasteiger partial charge in [0.05, 0.1) is 11.1 Å². The molecule has 0 fully saturated rings. The van der Waals surface area contributed by atoms with E-state index in [1.54, 1.807) is 0 Å². The fraction of sp³-hybridized carbons (Fsp3) is 0.667. The molecule has 0 aliphatic rings. The van der Waals surface area contributed by atoms with E-state index < -0.39 is 88.6 Å². The first-order valence-electron chi connectivity index (χ1n) is 8.67. The normalized spacial score (nSPS) is 15.9. The van der Waals surface area contributed by atoms with Gasteiger partial charge in [-0.15, -0.1) is 0 Å². The quantitative estimate of drug-likeness (QED) is 0.293. The molecule has 0 spiro atoms. The Labute approximate surface area is 204 Å².